The van der Waals surface area contributed by atoms with Crippen LogP contribution in [0.3, 0.4) is 0 Å². The fourth-order valence-electron chi connectivity index (χ4n) is 3.64. The van der Waals surface area contributed by atoms with Crippen LogP contribution in [-0.2, 0) is 23.8 Å². The number of hydrogen-bond donors (Lipinski definition) is 0. The van der Waals surface area contributed by atoms with Crippen molar-refractivity contribution in [3.8, 4) is 0 Å². The maximum Gasteiger partial charge on any atom is 0.305 e. The predicted molar refractivity (Wildman–Crippen MR) is 132 cm³/mol. The van der Waals surface area contributed by atoms with Crippen LogP contribution >= 0.6 is 0 Å². The maximum atomic E-state index is 11.5. The summed E-state index contributed by atoms with van der Waals surface area (Å²) in [6.45, 7) is 6.76. The molecule has 5 nitrogen and oxygen atoms in total. The summed E-state index contributed by atoms with van der Waals surface area (Å²) < 4.78 is 16.0. The Morgan fingerprint density at radius 3 is 1.44 bits per heavy atom. The van der Waals surface area contributed by atoms with Crippen LogP contribution in [0.4, 0.5) is 0 Å². The van der Waals surface area contributed by atoms with E-state index < -0.39 is 6.10 Å². The van der Waals surface area contributed by atoms with Crippen LogP contribution in [0.15, 0.2) is 0 Å². The van der Waals surface area contributed by atoms with Crippen molar-refractivity contribution >= 4 is 11.9 Å². The van der Waals surface area contributed by atoms with Crippen molar-refractivity contribution in [2.75, 3.05) is 19.8 Å². The molecule has 1 unspecified atom stereocenters. The molecule has 0 aliphatic carbocycles. The van der Waals surface area contributed by atoms with E-state index in [0.717, 1.165) is 6.42 Å². The highest BCUT2D eigenvalue weighted by Gasteiger charge is 2.16. The molecule has 0 amide bonds. The van der Waals surface area contributed by atoms with Gasteiger partial charge in [0.15, 0.2) is 6.10 Å². The van der Waals surface area contributed by atoms with E-state index in [1.54, 1.807) is 13.8 Å². The summed E-state index contributed by atoms with van der Waals surface area (Å²) in [6.07, 6.45) is 21.6. The van der Waals surface area contributed by atoms with Gasteiger partial charge in [0.1, 0.15) is 6.61 Å². The van der Waals surface area contributed by atoms with Gasteiger partial charge in [0, 0.05) is 19.4 Å². The summed E-state index contributed by atoms with van der Waals surface area (Å²) >= 11 is 0. The summed E-state index contributed by atoms with van der Waals surface area (Å²) in [4.78, 5) is 22.8. The molecule has 0 aromatic carbocycles. The molecule has 0 aliphatic heterocycles. The van der Waals surface area contributed by atoms with Gasteiger partial charge in [-0.3, -0.25) is 9.59 Å². The summed E-state index contributed by atoms with van der Waals surface area (Å²) in [5.74, 6) is -0.589. The fraction of sp³-hybridized carbons (Fsp3) is 0.926. The zero-order valence-electron chi connectivity index (χ0n) is 21.5. The van der Waals surface area contributed by atoms with Crippen molar-refractivity contribution in [3.63, 3.8) is 0 Å². The van der Waals surface area contributed by atoms with Gasteiger partial charge in [-0.2, -0.15) is 0 Å². The zero-order valence-corrected chi connectivity index (χ0v) is 21.5. The van der Waals surface area contributed by atoms with Gasteiger partial charge in [0.25, 0.3) is 0 Å². The second kappa shape index (κ2) is 24.5. The molecule has 32 heavy (non-hydrogen) atoms. The molecule has 0 spiro atoms. The third kappa shape index (κ3) is 22.1. The second-order valence-corrected chi connectivity index (χ2v) is 8.88. The van der Waals surface area contributed by atoms with Crippen molar-refractivity contribution in [2.24, 2.45) is 0 Å². The zero-order chi connectivity index (χ0) is 23.7. The number of ether oxygens (including phenoxy) is 3. The van der Waals surface area contributed by atoms with Crippen LogP contribution in [0.2, 0.25) is 0 Å². The lowest BCUT2D eigenvalue weighted by Gasteiger charge is -2.17. The van der Waals surface area contributed by atoms with E-state index in [2.05, 4.69) is 6.92 Å². The molecule has 0 rings (SSSR count). The highest BCUT2D eigenvalue weighted by molar-refractivity contribution is 5.70. The molecule has 5 heteroatoms. The number of esters is 2. The predicted octanol–water partition coefficient (Wildman–Crippen LogP) is 7.54. The molecule has 0 saturated heterocycles. The van der Waals surface area contributed by atoms with Crippen molar-refractivity contribution in [3.05, 3.63) is 0 Å². The molecular weight excluding hydrogens is 404 g/mol. The van der Waals surface area contributed by atoms with Gasteiger partial charge < -0.3 is 14.2 Å². The van der Waals surface area contributed by atoms with Crippen molar-refractivity contribution < 1.29 is 23.8 Å². The van der Waals surface area contributed by atoms with Gasteiger partial charge in [0.05, 0.1) is 6.61 Å². The Morgan fingerprint density at radius 1 is 0.562 bits per heavy atom. The fourth-order valence-corrected chi connectivity index (χ4v) is 3.64. The molecule has 0 aromatic rings. The molecule has 0 aromatic heterocycles. The maximum absolute atomic E-state index is 11.5. The van der Waals surface area contributed by atoms with Gasteiger partial charge in [-0.15, -0.1) is 0 Å². The smallest absolute Gasteiger partial charge is 0.305 e. The van der Waals surface area contributed by atoms with Crippen molar-refractivity contribution in [1.29, 1.82) is 0 Å². The molecule has 0 heterocycles. The van der Waals surface area contributed by atoms with Gasteiger partial charge in [-0.1, -0.05) is 117 Å². The van der Waals surface area contributed by atoms with E-state index in [4.69, 9.17) is 14.2 Å². The Morgan fingerprint density at radius 2 is 1.00 bits per heavy atom. The lowest BCUT2D eigenvalue weighted by atomic mass is 10.0. The molecule has 0 bridgehead atoms. The molecular formula is C27H52O5. The molecule has 0 radical (unpaired) electrons. The van der Waals surface area contributed by atoms with E-state index >= 15 is 0 Å². The first-order valence-electron chi connectivity index (χ1n) is 13.6. The lowest BCUT2D eigenvalue weighted by molar-refractivity contribution is -0.162. The van der Waals surface area contributed by atoms with Gasteiger partial charge in [-0.25, -0.2) is 0 Å². The SMILES string of the molecule is CCCCCCCCCCCCCCCCCCOCC(COC(=O)CC)OC(=O)CC. The number of rotatable bonds is 24. The Kier molecular flexibility index (Phi) is 23.7. The van der Waals surface area contributed by atoms with Crippen LogP contribution in [0.25, 0.3) is 0 Å². The van der Waals surface area contributed by atoms with Crippen LogP contribution in [0.5, 0.6) is 0 Å². The number of carbonyl (C=O) groups is 2. The minimum Gasteiger partial charge on any atom is -0.462 e. The summed E-state index contributed by atoms with van der Waals surface area (Å²) in [5, 5.41) is 0. The monoisotopic (exact) mass is 456 g/mol. The summed E-state index contributed by atoms with van der Waals surface area (Å²) in [6, 6.07) is 0. The standard InChI is InChI=1S/C27H52O5/c1-4-7-8-9-10-11-12-13-14-15-16-17-18-19-20-21-22-30-23-25(32-27(29)6-3)24-31-26(28)5-2/h25H,4-24H2,1-3H3. The van der Waals surface area contributed by atoms with Crippen LogP contribution in [0.1, 0.15) is 136 Å². The van der Waals surface area contributed by atoms with Gasteiger partial charge in [0.2, 0.25) is 0 Å². The van der Waals surface area contributed by atoms with Crippen molar-refractivity contribution in [2.45, 2.75) is 142 Å². The number of hydrogen-bond acceptors (Lipinski definition) is 5. The first-order valence-corrected chi connectivity index (χ1v) is 13.6. The third-order valence-corrected chi connectivity index (χ3v) is 5.75. The minimum absolute atomic E-state index is 0.0668. The number of unbranched alkanes of at least 4 members (excludes halogenated alkanes) is 15. The number of carbonyl (C=O) groups excluding carboxylic acids is 2. The normalized spacial score (nSPS) is 12.0. The average Bonchev–Trinajstić information content (AvgIpc) is 2.81. The van der Waals surface area contributed by atoms with E-state index in [1.165, 1.54) is 96.3 Å². The van der Waals surface area contributed by atoms with Crippen LogP contribution in [-0.4, -0.2) is 37.9 Å². The van der Waals surface area contributed by atoms with E-state index in [0.29, 0.717) is 19.4 Å². The molecule has 1 atom stereocenters. The molecule has 0 N–H and O–H groups in total. The topological polar surface area (TPSA) is 61.8 Å². The first-order chi connectivity index (χ1) is 15.6. The Balaban J connectivity index is 3.46. The Bertz CT molecular complexity index is 424. The van der Waals surface area contributed by atoms with E-state index in [1.807, 2.05) is 0 Å². The highest BCUT2D eigenvalue weighted by Crippen LogP contribution is 2.13. The summed E-state index contributed by atoms with van der Waals surface area (Å²) in [5.41, 5.74) is 0. The Labute approximate surface area is 198 Å². The lowest BCUT2D eigenvalue weighted by Crippen LogP contribution is -2.29. The first kappa shape index (κ1) is 30.9. The molecule has 0 aliphatic rings. The summed E-state index contributed by atoms with van der Waals surface area (Å²) in [7, 11) is 0. The van der Waals surface area contributed by atoms with Crippen molar-refractivity contribution in [1.82, 2.24) is 0 Å². The van der Waals surface area contributed by atoms with Gasteiger partial charge in [-0.05, 0) is 6.42 Å². The largest absolute Gasteiger partial charge is 0.462 e. The highest BCUT2D eigenvalue weighted by atomic mass is 16.6. The Hall–Kier alpha value is -1.10. The van der Waals surface area contributed by atoms with Gasteiger partial charge >= 0.3 is 11.9 Å². The van der Waals surface area contributed by atoms with E-state index in [-0.39, 0.29) is 25.2 Å². The molecule has 0 fully saturated rings. The molecule has 0 saturated carbocycles. The third-order valence-electron chi connectivity index (χ3n) is 5.75. The van der Waals surface area contributed by atoms with Crippen LogP contribution in [0, 0.1) is 0 Å². The molecule has 190 valence electrons. The average molecular weight is 457 g/mol. The van der Waals surface area contributed by atoms with E-state index in [9.17, 15) is 9.59 Å². The quantitative estimate of drug-likeness (QED) is 0.111. The second-order valence-electron chi connectivity index (χ2n) is 8.88. The minimum atomic E-state index is -0.515. The van der Waals surface area contributed by atoms with Crippen LogP contribution < -0.4 is 0 Å².